The molecular formula is C89H174NO8P. The first kappa shape index (κ1) is 97.5. The molecule has 10 heteroatoms. The van der Waals surface area contributed by atoms with Crippen molar-refractivity contribution in [2.24, 2.45) is 0 Å². The van der Waals surface area contributed by atoms with Gasteiger partial charge in [0.25, 0.3) is 7.82 Å². The monoisotopic (exact) mass is 1420 g/mol. The smallest absolute Gasteiger partial charge is 0.306 e. The van der Waals surface area contributed by atoms with E-state index in [0.29, 0.717) is 17.4 Å². The molecule has 0 aromatic carbocycles. The Bertz CT molecular complexity index is 1720. The van der Waals surface area contributed by atoms with Crippen LogP contribution in [0.5, 0.6) is 0 Å². The van der Waals surface area contributed by atoms with E-state index in [4.69, 9.17) is 18.5 Å². The Morgan fingerprint density at radius 3 is 0.798 bits per heavy atom. The molecule has 0 fully saturated rings. The van der Waals surface area contributed by atoms with Crippen molar-refractivity contribution in [3.05, 3.63) is 24.3 Å². The van der Waals surface area contributed by atoms with Gasteiger partial charge < -0.3 is 27.9 Å². The summed E-state index contributed by atoms with van der Waals surface area (Å²) in [7, 11) is 1.20. The highest BCUT2D eigenvalue weighted by molar-refractivity contribution is 7.45. The number of phosphoric acid groups is 1. The number of carbonyl (C=O) groups excluding carboxylic acids is 2. The van der Waals surface area contributed by atoms with Crippen LogP contribution in [-0.2, 0) is 32.7 Å². The molecule has 0 aromatic heterocycles. The van der Waals surface area contributed by atoms with Gasteiger partial charge in [-0.2, -0.15) is 0 Å². The first-order valence-corrected chi connectivity index (χ1v) is 46.0. The lowest BCUT2D eigenvalue weighted by atomic mass is 10.0. The van der Waals surface area contributed by atoms with E-state index < -0.39 is 26.5 Å². The Kier molecular flexibility index (Phi) is 79.4. The largest absolute Gasteiger partial charge is 0.756 e. The molecule has 0 aliphatic rings. The summed E-state index contributed by atoms with van der Waals surface area (Å²) >= 11 is 0. The molecule has 0 N–H and O–H groups in total. The summed E-state index contributed by atoms with van der Waals surface area (Å²) in [5.41, 5.74) is 0. The highest BCUT2D eigenvalue weighted by Gasteiger charge is 2.22. The van der Waals surface area contributed by atoms with Crippen molar-refractivity contribution < 1.29 is 42.1 Å². The zero-order valence-electron chi connectivity index (χ0n) is 67.5. The molecule has 0 radical (unpaired) electrons. The number of likely N-dealkylation sites (N-methyl/N-ethyl adjacent to an activating group) is 1. The maximum atomic E-state index is 12.9. The summed E-state index contributed by atoms with van der Waals surface area (Å²) in [4.78, 5) is 38.2. The fraction of sp³-hybridized carbons (Fsp3) is 0.933. The first-order valence-electron chi connectivity index (χ1n) is 44.5. The molecule has 588 valence electrons. The molecular weight excluding hydrogens is 1240 g/mol. The van der Waals surface area contributed by atoms with Gasteiger partial charge in [-0.15, -0.1) is 0 Å². The lowest BCUT2D eigenvalue weighted by Gasteiger charge is -2.28. The molecule has 0 amide bonds. The molecule has 9 nitrogen and oxygen atoms in total. The van der Waals surface area contributed by atoms with E-state index in [2.05, 4.69) is 38.2 Å². The van der Waals surface area contributed by atoms with E-state index in [1.807, 2.05) is 21.1 Å². The number of nitrogens with zero attached hydrogens (tertiary/aromatic N) is 1. The fourth-order valence-corrected chi connectivity index (χ4v) is 14.7. The van der Waals surface area contributed by atoms with Crippen LogP contribution in [0, 0.1) is 0 Å². The molecule has 0 aliphatic heterocycles. The maximum Gasteiger partial charge on any atom is 0.306 e. The lowest BCUT2D eigenvalue weighted by Crippen LogP contribution is -2.37. The average Bonchev–Trinajstić information content (AvgIpc) is 0.989. The van der Waals surface area contributed by atoms with Gasteiger partial charge in [0.05, 0.1) is 27.7 Å². The fourth-order valence-electron chi connectivity index (χ4n) is 13.9. The quantitative estimate of drug-likeness (QED) is 0.0195. The van der Waals surface area contributed by atoms with E-state index in [0.717, 1.165) is 38.5 Å². The standard InChI is InChI=1S/C89H174NO8P/c1-6-8-10-12-14-16-18-20-22-24-26-28-30-32-34-36-38-40-42-44-45-46-48-50-52-54-56-58-60-62-64-66-68-70-72-74-76-78-80-82-89(92)98-87(86-97-99(93,94)96-84-83-90(3,4)5)85-95-88(91)81-79-77-75-73-71-69-67-65-63-61-59-57-55-53-51-49-47-43-41-39-37-35-33-31-29-27-25-23-21-19-17-15-13-11-9-7-2/h18,20,24,26,87H,6-17,19,21-23,25,27-86H2,1-5H3/b20-18-,26-24-. The van der Waals surface area contributed by atoms with E-state index in [1.54, 1.807) is 0 Å². The van der Waals surface area contributed by atoms with Crippen LogP contribution in [0.2, 0.25) is 0 Å². The van der Waals surface area contributed by atoms with Crippen molar-refractivity contribution in [3.63, 3.8) is 0 Å². The third kappa shape index (κ3) is 85.3. The number of allylic oxidation sites excluding steroid dienone is 4. The minimum absolute atomic E-state index is 0.0258. The lowest BCUT2D eigenvalue weighted by molar-refractivity contribution is -0.870. The SMILES string of the molecule is CCCCCCC/C=C\C/C=C\CCCCCCCCCCCCCCCCCCCCCCCCCCCCCC(=O)OC(COC(=O)CCCCCCCCCCCCCCCCCCCCCCCCCCCCCCCCCCCCCC)COP(=O)([O-])OCC[N+](C)(C)C. The summed E-state index contributed by atoms with van der Waals surface area (Å²) in [5, 5.41) is 0. The number of phosphoric ester groups is 1. The molecule has 0 saturated carbocycles. The number of hydrogen-bond donors (Lipinski definition) is 0. The van der Waals surface area contributed by atoms with Crippen LogP contribution in [0.25, 0.3) is 0 Å². The molecule has 0 aromatic rings. The first-order chi connectivity index (χ1) is 48.5. The van der Waals surface area contributed by atoms with Gasteiger partial charge in [-0.1, -0.05) is 449 Å². The van der Waals surface area contributed by atoms with Gasteiger partial charge in [-0.25, -0.2) is 0 Å². The third-order valence-electron chi connectivity index (χ3n) is 20.7. The highest BCUT2D eigenvalue weighted by atomic mass is 31.2. The van der Waals surface area contributed by atoms with E-state index >= 15 is 0 Å². The predicted octanol–water partition coefficient (Wildman–Crippen LogP) is 29.3. The summed E-state index contributed by atoms with van der Waals surface area (Å²) in [6.07, 6.45) is 105. The van der Waals surface area contributed by atoms with Crippen LogP contribution in [0.3, 0.4) is 0 Å². The van der Waals surface area contributed by atoms with Crippen LogP contribution in [0.4, 0.5) is 0 Å². The number of hydrogen-bond acceptors (Lipinski definition) is 8. The van der Waals surface area contributed by atoms with Gasteiger partial charge in [0.2, 0.25) is 0 Å². The highest BCUT2D eigenvalue weighted by Crippen LogP contribution is 2.38. The Hall–Kier alpha value is -1.51. The summed E-state index contributed by atoms with van der Waals surface area (Å²) in [6.45, 7) is 4.33. The average molecular weight is 1420 g/mol. The van der Waals surface area contributed by atoms with E-state index in [-0.39, 0.29) is 32.0 Å². The maximum absolute atomic E-state index is 12.9. The number of unbranched alkanes of at least 4 members (excludes halogenated alkanes) is 67. The Morgan fingerprint density at radius 2 is 0.545 bits per heavy atom. The third-order valence-corrected chi connectivity index (χ3v) is 21.7. The summed E-state index contributed by atoms with van der Waals surface area (Å²) in [5.74, 6) is -0.801. The van der Waals surface area contributed by atoms with Crippen LogP contribution in [0.15, 0.2) is 24.3 Å². The number of ether oxygens (including phenoxy) is 2. The Balaban J connectivity index is 3.83. The van der Waals surface area contributed by atoms with Crippen molar-refractivity contribution in [2.75, 3.05) is 47.5 Å². The van der Waals surface area contributed by atoms with Crippen molar-refractivity contribution in [1.29, 1.82) is 0 Å². The molecule has 2 unspecified atom stereocenters. The molecule has 0 spiro atoms. The van der Waals surface area contributed by atoms with Gasteiger partial charge in [0, 0.05) is 12.8 Å². The summed E-state index contributed by atoms with van der Waals surface area (Å²) < 4.78 is 34.5. The summed E-state index contributed by atoms with van der Waals surface area (Å²) in [6, 6.07) is 0. The van der Waals surface area contributed by atoms with Crippen LogP contribution in [-0.4, -0.2) is 70.0 Å². The normalized spacial score (nSPS) is 13.0. The van der Waals surface area contributed by atoms with Crippen LogP contribution < -0.4 is 4.89 Å². The number of carbonyl (C=O) groups is 2. The van der Waals surface area contributed by atoms with Gasteiger partial charge in [-0.05, 0) is 44.9 Å². The van der Waals surface area contributed by atoms with Crippen LogP contribution >= 0.6 is 7.82 Å². The Labute approximate surface area is 619 Å². The van der Waals surface area contributed by atoms with Crippen molar-refractivity contribution in [2.45, 2.75) is 489 Å². The second-order valence-corrected chi connectivity index (χ2v) is 33.4. The van der Waals surface area contributed by atoms with Crippen molar-refractivity contribution >= 4 is 19.8 Å². The van der Waals surface area contributed by atoms with E-state index in [1.165, 1.54) is 411 Å². The molecule has 2 atom stereocenters. The minimum atomic E-state index is -4.64. The zero-order chi connectivity index (χ0) is 71.8. The number of esters is 2. The predicted molar refractivity (Wildman–Crippen MR) is 430 cm³/mol. The van der Waals surface area contributed by atoms with Crippen LogP contribution in [0.1, 0.15) is 483 Å². The van der Waals surface area contributed by atoms with Crippen molar-refractivity contribution in [1.82, 2.24) is 0 Å². The minimum Gasteiger partial charge on any atom is -0.756 e. The van der Waals surface area contributed by atoms with Gasteiger partial charge in [-0.3, -0.25) is 14.2 Å². The number of rotatable bonds is 85. The van der Waals surface area contributed by atoms with Gasteiger partial charge in [0.15, 0.2) is 6.10 Å². The Morgan fingerprint density at radius 1 is 0.313 bits per heavy atom. The molecule has 0 saturated heterocycles. The van der Waals surface area contributed by atoms with Gasteiger partial charge >= 0.3 is 11.9 Å². The molecule has 0 aliphatic carbocycles. The molecule has 0 bridgehead atoms. The van der Waals surface area contributed by atoms with Crippen molar-refractivity contribution in [3.8, 4) is 0 Å². The second kappa shape index (κ2) is 80.6. The van der Waals surface area contributed by atoms with Gasteiger partial charge in [0.1, 0.15) is 19.8 Å². The molecule has 99 heavy (non-hydrogen) atoms. The van der Waals surface area contributed by atoms with E-state index in [9.17, 15) is 19.0 Å². The topological polar surface area (TPSA) is 111 Å². The second-order valence-electron chi connectivity index (χ2n) is 32.0. The molecule has 0 rings (SSSR count). The number of quaternary nitrogens is 1. The zero-order valence-corrected chi connectivity index (χ0v) is 68.4. The molecule has 0 heterocycles.